The lowest BCUT2D eigenvalue weighted by Gasteiger charge is -2.29. The van der Waals surface area contributed by atoms with Crippen LogP contribution in [0.15, 0.2) is 40.2 Å². The van der Waals surface area contributed by atoms with Crippen molar-refractivity contribution in [1.29, 1.82) is 0 Å². The summed E-state index contributed by atoms with van der Waals surface area (Å²) in [7, 11) is 0. The molecule has 0 saturated heterocycles. The van der Waals surface area contributed by atoms with Crippen LogP contribution in [0.25, 0.3) is 0 Å². The predicted octanol–water partition coefficient (Wildman–Crippen LogP) is 4.07. The quantitative estimate of drug-likeness (QED) is 0.860. The molecule has 2 heterocycles. The van der Waals surface area contributed by atoms with Crippen LogP contribution in [0.1, 0.15) is 29.1 Å². The van der Waals surface area contributed by atoms with Gasteiger partial charge in [0.15, 0.2) is 0 Å². The van der Waals surface area contributed by atoms with Gasteiger partial charge in [0.05, 0.1) is 11.0 Å². The van der Waals surface area contributed by atoms with Gasteiger partial charge < -0.3 is 9.84 Å². The zero-order valence-corrected chi connectivity index (χ0v) is 11.4. The van der Waals surface area contributed by atoms with E-state index in [1.54, 1.807) is 11.3 Å². The van der Waals surface area contributed by atoms with Crippen molar-refractivity contribution >= 4 is 27.3 Å². The van der Waals surface area contributed by atoms with E-state index in [0.717, 1.165) is 20.7 Å². The van der Waals surface area contributed by atoms with Crippen LogP contribution in [0.5, 0.6) is 5.75 Å². The average Bonchev–Trinajstić information content (AvgIpc) is 2.75. The Balaban J connectivity index is 1.96. The number of benzene rings is 1. The lowest BCUT2D eigenvalue weighted by Crippen LogP contribution is -2.18. The molecule has 1 aliphatic heterocycles. The van der Waals surface area contributed by atoms with E-state index in [0.29, 0.717) is 6.42 Å². The van der Waals surface area contributed by atoms with Crippen LogP contribution in [0.2, 0.25) is 0 Å². The highest BCUT2D eigenvalue weighted by Crippen LogP contribution is 2.43. The van der Waals surface area contributed by atoms with Crippen LogP contribution in [0.3, 0.4) is 0 Å². The Labute approximate surface area is 112 Å². The van der Waals surface area contributed by atoms with Crippen LogP contribution in [-0.4, -0.2) is 5.11 Å². The van der Waals surface area contributed by atoms with Crippen LogP contribution in [0.4, 0.5) is 0 Å². The van der Waals surface area contributed by atoms with Gasteiger partial charge in [-0.25, -0.2) is 0 Å². The molecule has 0 aliphatic carbocycles. The highest BCUT2D eigenvalue weighted by atomic mass is 79.9. The number of aliphatic hydroxyl groups excluding tert-OH is 1. The lowest BCUT2D eigenvalue weighted by molar-refractivity contribution is 0.0671. The van der Waals surface area contributed by atoms with Crippen molar-refractivity contribution in [3.8, 4) is 5.75 Å². The number of hydrogen-bond acceptors (Lipinski definition) is 3. The summed E-state index contributed by atoms with van der Waals surface area (Å²) in [5, 5.41) is 12.2. The minimum absolute atomic E-state index is 0.0609. The second kappa shape index (κ2) is 4.44. The summed E-state index contributed by atoms with van der Waals surface area (Å²) >= 11 is 5.16. The Hall–Kier alpha value is -0.840. The summed E-state index contributed by atoms with van der Waals surface area (Å²) in [6.45, 7) is 0. The van der Waals surface area contributed by atoms with Gasteiger partial charge in [-0.15, -0.1) is 11.3 Å². The van der Waals surface area contributed by atoms with Crippen LogP contribution in [-0.2, 0) is 0 Å². The molecule has 0 amide bonds. The maximum atomic E-state index is 10.1. The predicted molar refractivity (Wildman–Crippen MR) is 71.4 cm³/mol. The average molecular weight is 311 g/mol. The van der Waals surface area contributed by atoms with E-state index < -0.39 is 6.10 Å². The van der Waals surface area contributed by atoms with Crippen LogP contribution >= 0.6 is 27.3 Å². The van der Waals surface area contributed by atoms with E-state index in [2.05, 4.69) is 15.9 Å². The number of fused-ring (bicyclic) bond motifs is 1. The fourth-order valence-electron chi connectivity index (χ4n) is 2.09. The zero-order chi connectivity index (χ0) is 11.8. The first-order valence-corrected chi connectivity index (χ1v) is 7.09. The van der Waals surface area contributed by atoms with E-state index in [1.807, 2.05) is 35.7 Å². The molecule has 4 heteroatoms. The number of halogens is 1. The van der Waals surface area contributed by atoms with Gasteiger partial charge in [-0.05, 0) is 33.4 Å². The maximum absolute atomic E-state index is 10.1. The highest BCUT2D eigenvalue weighted by Gasteiger charge is 2.29. The molecule has 0 saturated carbocycles. The molecule has 88 valence electrons. The molecule has 1 aliphatic rings. The summed E-state index contributed by atoms with van der Waals surface area (Å²) in [4.78, 5) is 1.14. The fourth-order valence-corrected chi connectivity index (χ4v) is 3.76. The normalized spacial score (nSPS) is 22.9. The summed E-state index contributed by atoms with van der Waals surface area (Å²) in [6.07, 6.45) is 0.101. The number of aliphatic hydroxyl groups is 1. The molecule has 0 fully saturated rings. The first-order chi connectivity index (χ1) is 8.25. The topological polar surface area (TPSA) is 29.5 Å². The number of rotatable bonds is 1. The SMILES string of the molecule is O[C@H]1CC(c2sccc2Br)Oc2ccccc21. The first kappa shape index (κ1) is 11.3. The standard InChI is InChI=1S/C13H11BrO2S/c14-9-5-6-17-13(9)12-7-10(15)8-3-1-2-4-11(8)16-12/h1-6,10,12,15H,7H2/t10-,12?/m0/s1. The second-order valence-corrected chi connectivity index (χ2v) is 5.83. The molecule has 3 rings (SSSR count). The Morgan fingerprint density at radius 3 is 2.88 bits per heavy atom. The monoisotopic (exact) mass is 310 g/mol. The number of thiophene rings is 1. The third-order valence-corrected chi connectivity index (χ3v) is 4.88. The number of para-hydroxylation sites is 1. The summed E-state index contributed by atoms with van der Waals surface area (Å²) in [6, 6.07) is 9.69. The van der Waals surface area contributed by atoms with Crippen molar-refractivity contribution in [2.75, 3.05) is 0 Å². The summed E-state index contributed by atoms with van der Waals surface area (Å²) in [5.74, 6) is 0.788. The molecule has 1 unspecified atom stereocenters. The molecule has 0 spiro atoms. The second-order valence-electron chi connectivity index (χ2n) is 4.03. The van der Waals surface area contributed by atoms with Gasteiger partial charge in [-0.1, -0.05) is 18.2 Å². The van der Waals surface area contributed by atoms with Crippen LogP contribution < -0.4 is 4.74 Å². The smallest absolute Gasteiger partial charge is 0.137 e. The van der Waals surface area contributed by atoms with Gasteiger partial charge in [0, 0.05) is 16.5 Å². The minimum atomic E-state index is -0.445. The van der Waals surface area contributed by atoms with E-state index in [9.17, 15) is 5.11 Å². The molecular weight excluding hydrogens is 300 g/mol. The minimum Gasteiger partial charge on any atom is -0.484 e. The van der Waals surface area contributed by atoms with Crippen molar-refractivity contribution in [2.45, 2.75) is 18.6 Å². The van der Waals surface area contributed by atoms with Crippen LogP contribution in [0, 0.1) is 0 Å². The Kier molecular flexibility index (Phi) is 2.94. The van der Waals surface area contributed by atoms with Crippen molar-refractivity contribution in [3.05, 3.63) is 50.6 Å². The number of hydrogen-bond donors (Lipinski definition) is 1. The molecule has 2 atom stereocenters. The molecule has 1 N–H and O–H groups in total. The van der Waals surface area contributed by atoms with Gasteiger partial charge in [0.2, 0.25) is 0 Å². The molecule has 0 bridgehead atoms. The van der Waals surface area contributed by atoms with Gasteiger partial charge >= 0.3 is 0 Å². The summed E-state index contributed by atoms with van der Waals surface area (Å²) < 4.78 is 7.00. The summed E-state index contributed by atoms with van der Waals surface area (Å²) in [5.41, 5.74) is 0.886. The first-order valence-electron chi connectivity index (χ1n) is 5.42. The lowest BCUT2D eigenvalue weighted by atomic mass is 9.98. The Bertz CT molecular complexity index is 538. The Morgan fingerprint density at radius 1 is 1.29 bits per heavy atom. The van der Waals surface area contributed by atoms with Gasteiger partial charge in [-0.2, -0.15) is 0 Å². The molecule has 2 aromatic rings. The fraction of sp³-hybridized carbons (Fsp3) is 0.231. The molecular formula is C13H11BrO2S. The molecule has 2 nitrogen and oxygen atoms in total. The third-order valence-electron chi connectivity index (χ3n) is 2.92. The molecule has 1 aromatic carbocycles. The molecule has 1 aromatic heterocycles. The van der Waals surface area contributed by atoms with Crippen molar-refractivity contribution in [3.63, 3.8) is 0 Å². The van der Waals surface area contributed by atoms with E-state index in [4.69, 9.17) is 4.74 Å². The van der Waals surface area contributed by atoms with Crippen molar-refractivity contribution in [1.82, 2.24) is 0 Å². The van der Waals surface area contributed by atoms with Gasteiger partial charge in [0.25, 0.3) is 0 Å². The van der Waals surface area contributed by atoms with Crippen molar-refractivity contribution < 1.29 is 9.84 Å². The van der Waals surface area contributed by atoms with Crippen molar-refractivity contribution in [2.24, 2.45) is 0 Å². The molecule has 17 heavy (non-hydrogen) atoms. The maximum Gasteiger partial charge on any atom is 0.137 e. The van der Waals surface area contributed by atoms with E-state index >= 15 is 0 Å². The van der Waals surface area contributed by atoms with Gasteiger partial charge in [-0.3, -0.25) is 0 Å². The molecule has 0 radical (unpaired) electrons. The number of ether oxygens (including phenoxy) is 1. The van der Waals surface area contributed by atoms with E-state index in [1.165, 1.54) is 0 Å². The Morgan fingerprint density at radius 2 is 2.12 bits per heavy atom. The zero-order valence-electron chi connectivity index (χ0n) is 8.97. The van der Waals surface area contributed by atoms with Gasteiger partial charge in [0.1, 0.15) is 11.9 Å². The van der Waals surface area contributed by atoms with E-state index in [-0.39, 0.29) is 6.10 Å². The third kappa shape index (κ3) is 2.01. The highest BCUT2D eigenvalue weighted by molar-refractivity contribution is 9.10. The largest absolute Gasteiger partial charge is 0.484 e.